The lowest BCUT2D eigenvalue weighted by molar-refractivity contribution is 0.102. The fourth-order valence-corrected chi connectivity index (χ4v) is 2.83. The molecule has 1 amide bonds. The van der Waals surface area contributed by atoms with Crippen molar-refractivity contribution in [3.63, 3.8) is 0 Å². The number of fused-ring (bicyclic) bond motifs is 1. The maximum atomic E-state index is 13.5. The molecule has 0 aliphatic heterocycles. The minimum absolute atomic E-state index is 0.269. The van der Waals surface area contributed by atoms with Crippen molar-refractivity contribution < 1.29 is 9.18 Å². The molecule has 2 aromatic heterocycles. The molecule has 0 aliphatic rings. The van der Waals surface area contributed by atoms with Gasteiger partial charge >= 0.3 is 0 Å². The topological polar surface area (TPSA) is 59.8 Å². The van der Waals surface area contributed by atoms with E-state index in [-0.39, 0.29) is 11.4 Å². The van der Waals surface area contributed by atoms with Crippen LogP contribution in [0.5, 0.6) is 0 Å². The van der Waals surface area contributed by atoms with E-state index in [9.17, 15) is 9.18 Å². The predicted octanol–water partition coefficient (Wildman–Crippen LogP) is 2.73. The molecule has 2 heterocycles. The van der Waals surface area contributed by atoms with Gasteiger partial charge in [0.2, 0.25) is 0 Å². The van der Waals surface area contributed by atoms with Crippen molar-refractivity contribution in [3.8, 4) is 0 Å². The lowest BCUT2D eigenvalue weighted by atomic mass is 10.3. The Hall–Kier alpha value is -2.28. The standard InChI is InChI=1S/C13H11FN4OS/c1-7-6-18(2)17-10(7)12(19)16-13-15-11-8(14)4-3-5-9(11)20-13/h3-6H,1-2H3,(H,15,16,19). The Morgan fingerprint density at radius 1 is 1.45 bits per heavy atom. The highest BCUT2D eigenvalue weighted by molar-refractivity contribution is 7.22. The van der Waals surface area contributed by atoms with Crippen LogP contribution in [0.2, 0.25) is 0 Å². The van der Waals surface area contributed by atoms with Crippen molar-refractivity contribution in [2.45, 2.75) is 6.92 Å². The van der Waals surface area contributed by atoms with E-state index in [0.717, 1.165) is 5.56 Å². The third-order valence-corrected chi connectivity index (χ3v) is 3.75. The van der Waals surface area contributed by atoms with Gasteiger partial charge in [0.15, 0.2) is 10.8 Å². The molecule has 20 heavy (non-hydrogen) atoms. The van der Waals surface area contributed by atoms with Crippen LogP contribution in [0.1, 0.15) is 16.1 Å². The van der Waals surface area contributed by atoms with E-state index in [4.69, 9.17) is 0 Å². The van der Waals surface area contributed by atoms with Gasteiger partial charge in [-0.05, 0) is 19.1 Å². The molecule has 0 unspecified atom stereocenters. The predicted molar refractivity (Wildman–Crippen MR) is 75.5 cm³/mol. The first-order chi connectivity index (χ1) is 9.54. The Kier molecular flexibility index (Phi) is 2.98. The van der Waals surface area contributed by atoms with Gasteiger partial charge in [0.1, 0.15) is 11.3 Å². The first-order valence-corrected chi connectivity index (χ1v) is 6.73. The minimum atomic E-state index is -0.395. The number of anilines is 1. The van der Waals surface area contributed by atoms with Crippen LogP contribution >= 0.6 is 11.3 Å². The van der Waals surface area contributed by atoms with E-state index in [0.29, 0.717) is 15.5 Å². The molecule has 0 aliphatic carbocycles. The maximum absolute atomic E-state index is 13.5. The summed E-state index contributed by atoms with van der Waals surface area (Å²) in [5.74, 6) is -0.740. The monoisotopic (exact) mass is 290 g/mol. The van der Waals surface area contributed by atoms with E-state index in [1.807, 2.05) is 0 Å². The molecule has 0 bridgehead atoms. The Bertz CT molecular complexity index is 808. The zero-order valence-electron chi connectivity index (χ0n) is 10.8. The zero-order chi connectivity index (χ0) is 14.3. The maximum Gasteiger partial charge on any atom is 0.278 e. The molecule has 0 fully saturated rings. The van der Waals surface area contributed by atoms with E-state index in [2.05, 4.69) is 15.4 Å². The number of para-hydroxylation sites is 1. The molecular formula is C13H11FN4OS. The van der Waals surface area contributed by atoms with Crippen molar-refractivity contribution in [2.24, 2.45) is 7.05 Å². The van der Waals surface area contributed by atoms with Crippen LogP contribution in [-0.4, -0.2) is 20.7 Å². The van der Waals surface area contributed by atoms with Crippen molar-refractivity contribution in [3.05, 3.63) is 41.5 Å². The molecule has 1 aromatic carbocycles. The lowest BCUT2D eigenvalue weighted by Gasteiger charge is -1.98. The highest BCUT2D eigenvalue weighted by Crippen LogP contribution is 2.27. The molecular weight excluding hydrogens is 279 g/mol. The van der Waals surface area contributed by atoms with Gasteiger partial charge in [-0.15, -0.1) is 0 Å². The number of carbonyl (C=O) groups excluding carboxylic acids is 1. The fraction of sp³-hybridized carbons (Fsp3) is 0.154. The van der Waals surface area contributed by atoms with Crippen molar-refractivity contribution in [1.29, 1.82) is 0 Å². The summed E-state index contributed by atoms with van der Waals surface area (Å²) in [5, 5.41) is 7.10. The van der Waals surface area contributed by atoms with E-state index >= 15 is 0 Å². The molecule has 0 spiro atoms. The van der Waals surface area contributed by atoms with Crippen molar-refractivity contribution in [1.82, 2.24) is 14.8 Å². The van der Waals surface area contributed by atoms with Crippen LogP contribution < -0.4 is 5.32 Å². The molecule has 0 atom stereocenters. The third kappa shape index (κ3) is 2.16. The normalized spacial score (nSPS) is 10.9. The molecule has 3 rings (SSSR count). The summed E-state index contributed by atoms with van der Waals surface area (Å²) < 4.78 is 15.8. The van der Waals surface area contributed by atoms with Crippen LogP contribution in [0.4, 0.5) is 9.52 Å². The number of aromatic nitrogens is 3. The Labute approximate surface area is 118 Å². The largest absolute Gasteiger partial charge is 0.296 e. The first kappa shape index (κ1) is 12.7. The summed E-state index contributed by atoms with van der Waals surface area (Å²) in [6.45, 7) is 1.81. The quantitative estimate of drug-likeness (QED) is 0.789. The van der Waals surface area contributed by atoms with Crippen LogP contribution in [0.15, 0.2) is 24.4 Å². The smallest absolute Gasteiger partial charge is 0.278 e. The Balaban J connectivity index is 1.91. The summed E-state index contributed by atoms with van der Waals surface area (Å²) >= 11 is 1.23. The summed E-state index contributed by atoms with van der Waals surface area (Å²) in [7, 11) is 1.75. The van der Waals surface area contributed by atoms with Gasteiger partial charge in [0.25, 0.3) is 5.91 Å². The Morgan fingerprint density at radius 3 is 2.90 bits per heavy atom. The molecule has 102 valence electrons. The number of hydrogen-bond donors (Lipinski definition) is 1. The number of amides is 1. The number of thiazole rings is 1. The molecule has 5 nitrogen and oxygen atoms in total. The van der Waals surface area contributed by atoms with Gasteiger partial charge in [-0.2, -0.15) is 5.10 Å². The fourth-order valence-electron chi connectivity index (χ4n) is 1.96. The molecule has 7 heteroatoms. The number of nitrogens with one attached hydrogen (secondary N) is 1. The first-order valence-electron chi connectivity index (χ1n) is 5.91. The summed E-state index contributed by atoms with van der Waals surface area (Å²) in [6, 6.07) is 4.72. The highest BCUT2D eigenvalue weighted by atomic mass is 32.1. The number of benzene rings is 1. The van der Waals surface area contributed by atoms with Crippen molar-refractivity contribution in [2.75, 3.05) is 5.32 Å². The molecule has 0 saturated carbocycles. The second kappa shape index (κ2) is 4.68. The second-order valence-electron chi connectivity index (χ2n) is 4.39. The van der Waals surface area contributed by atoms with Crippen LogP contribution in [0.3, 0.4) is 0 Å². The molecule has 3 aromatic rings. The van der Waals surface area contributed by atoms with Gasteiger partial charge in [0, 0.05) is 18.8 Å². The summed E-state index contributed by atoms with van der Waals surface area (Å²) in [6.07, 6.45) is 1.76. The summed E-state index contributed by atoms with van der Waals surface area (Å²) in [4.78, 5) is 16.2. The number of aryl methyl sites for hydroxylation is 2. The SMILES string of the molecule is Cc1cn(C)nc1C(=O)Nc1nc2c(F)cccc2s1. The van der Waals surface area contributed by atoms with Crippen molar-refractivity contribution >= 4 is 32.6 Å². The van der Waals surface area contributed by atoms with Crippen LogP contribution in [0.25, 0.3) is 10.2 Å². The second-order valence-corrected chi connectivity index (χ2v) is 5.42. The van der Waals surface area contributed by atoms with Gasteiger partial charge in [-0.1, -0.05) is 17.4 Å². The van der Waals surface area contributed by atoms with Gasteiger partial charge in [-0.3, -0.25) is 14.8 Å². The Morgan fingerprint density at radius 2 is 2.25 bits per heavy atom. The van der Waals surface area contributed by atoms with Gasteiger partial charge in [0.05, 0.1) is 4.70 Å². The number of nitrogens with zero attached hydrogens (tertiary/aromatic N) is 3. The van der Waals surface area contributed by atoms with Crippen LogP contribution in [0, 0.1) is 12.7 Å². The number of carbonyl (C=O) groups is 1. The van der Waals surface area contributed by atoms with Gasteiger partial charge < -0.3 is 0 Å². The van der Waals surface area contributed by atoms with Crippen LogP contribution in [-0.2, 0) is 7.05 Å². The lowest BCUT2D eigenvalue weighted by Crippen LogP contribution is -2.13. The highest BCUT2D eigenvalue weighted by Gasteiger charge is 2.16. The average Bonchev–Trinajstić information content (AvgIpc) is 2.93. The van der Waals surface area contributed by atoms with E-state index in [1.54, 1.807) is 37.0 Å². The molecule has 1 N–H and O–H groups in total. The third-order valence-electron chi connectivity index (χ3n) is 2.82. The zero-order valence-corrected chi connectivity index (χ0v) is 11.7. The molecule has 0 radical (unpaired) electrons. The number of rotatable bonds is 2. The number of hydrogen-bond acceptors (Lipinski definition) is 4. The average molecular weight is 290 g/mol. The van der Waals surface area contributed by atoms with E-state index in [1.165, 1.54) is 17.4 Å². The van der Waals surface area contributed by atoms with E-state index < -0.39 is 5.82 Å². The molecule has 0 saturated heterocycles. The number of halogens is 1. The summed E-state index contributed by atoms with van der Waals surface area (Å²) in [5.41, 5.74) is 1.38. The van der Waals surface area contributed by atoms with Gasteiger partial charge in [-0.25, -0.2) is 9.37 Å². The minimum Gasteiger partial charge on any atom is -0.296 e.